The van der Waals surface area contributed by atoms with Crippen molar-refractivity contribution >= 4 is 51.8 Å². The zero-order valence-electron chi connectivity index (χ0n) is 31.0. The smallest absolute Gasteiger partial charge is 0.488 e. The molecule has 0 spiro atoms. The third-order valence-electron chi connectivity index (χ3n) is 11.7. The highest BCUT2D eigenvalue weighted by Crippen LogP contribution is 2.43. The van der Waals surface area contributed by atoms with Crippen LogP contribution in [0.3, 0.4) is 0 Å². The third kappa shape index (κ3) is 6.89. The third-order valence-corrected chi connectivity index (χ3v) is 12.3. The molecule has 2 aliphatic carbocycles. The molecule has 0 atom stereocenters. The van der Waals surface area contributed by atoms with E-state index in [2.05, 4.69) is 32.6 Å². The summed E-state index contributed by atoms with van der Waals surface area (Å²) in [7, 11) is -0.952. The molecule has 0 radical (unpaired) electrons. The molecule has 0 bridgehead atoms. The molecule has 2 saturated carbocycles. The Morgan fingerprint density at radius 2 is 1.04 bits per heavy atom. The summed E-state index contributed by atoms with van der Waals surface area (Å²) in [4.78, 5) is 0. The van der Waals surface area contributed by atoms with Crippen LogP contribution in [0.2, 0.25) is 0 Å². The normalized spacial score (nSPS) is 21.4. The number of aromatic hydroxyl groups is 1. The first-order chi connectivity index (χ1) is 24.3. The molecule has 2 aromatic carbocycles. The number of rotatable bonds is 3. The van der Waals surface area contributed by atoms with E-state index in [0.29, 0.717) is 38.5 Å². The first-order valence-electron chi connectivity index (χ1n) is 17.8. The van der Waals surface area contributed by atoms with Crippen LogP contribution in [0.25, 0.3) is 21.8 Å². The maximum Gasteiger partial charge on any atom is 0.488 e. The largest absolute Gasteiger partial charge is 0.505 e. The number of aromatic nitrogens is 2. The molecule has 4 aromatic rings. The van der Waals surface area contributed by atoms with Gasteiger partial charge < -0.3 is 32.9 Å². The lowest BCUT2D eigenvalue weighted by atomic mass is 9.49. The molecule has 1 N–H and O–H groups in total. The van der Waals surface area contributed by atoms with Crippen LogP contribution in [0.1, 0.15) is 117 Å². The molecule has 52 heavy (non-hydrogen) atoms. The highest BCUT2D eigenvalue weighted by atomic mass is 79.9. The number of hydrogen-bond acceptors (Lipinski definition) is 7. The predicted molar refractivity (Wildman–Crippen MR) is 201 cm³/mol. The van der Waals surface area contributed by atoms with Gasteiger partial charge >= 0.3 is 14.0 Å². The molecule has 0 unspecified atom stereocenters. The van der Waals surface area contributed by atoms with E-state index in [9.17, 15) is 13.9 Å². The molecular weight excluding hydrogens is 732 g/mol. The fourth-order valence-electron chi connectivity index (χ4n) is 6.61. The van der Waals surface area contributed by atoms with Gasteiger partial charge in [-0.15, -0.1) is 0 Å². The van der Waals surface area contributed by atoms with E-state index in [-0.39, 0.29) is 34.0 Å². The molecule has 2 saturated heterocycles. The number of nitrogens with zero attached hydrogens (tertiary/aromatic N) is 4. The number of fused-ring (bicyclic) bond motifs is 2. The summed E-state index contributed by atoms with van der Waals surface area (Å²) in [5, 5.41) is 28.8. The van der Waals surface area contributed by atoms with Gasteiger partial charge in [0.25, 0.3) is 0 Å². The van der Waals surface area contributed by atoms with Gasteiger partial charge in [-0.1, -0.05) is 0 Å². The van der Waals surface area contributed by atoms with Crippen LogP contribution in [0, 0.1) is 34.3 Å². The van der Waals surface area contributed by atoms with Crippen molar-refractivity contribution in [3.8, 4) is 17.9 Å². The van der Waals surface area contributed by atoms with Crippen LogP contribution in [0.4, 0.5) is 8.78 Å². The number of nitriles is 2. The number of phenols is 1. The fraction of sp³-hybridized carbons (Fsp3) is 0.526. The highest BCUT2D eigenvalue weighted by Gasteiger charge is 2.63. The molecule has 9 nitrogen and oxygen atoms in total. The number of phenolic OH excluding ortho intramolecular Hbond substituents is 1. The molecule has 8 rings (SSSR count). The van der Waals surface area contributed by atoms with Gasteiger partial charge in [0.1, 0.15) is 18.0 Å². The quantitative estimate of drug-likeness (QED) is 0.206. The van der Waals surface area contributed by atoms with Crippen LogP contribution in [-0.2, 0) is 18.6 Å². The summed E-state index contributed by atoms with van der Waals surface area (Å²) in [6.45, 7) is 16.2. The Morgan fingerprint density at radius 1 is 0.673 bits per heavy atom. The second kappa shape index (κ2) is 13.8. The average molecular weight is 777 g/mol. The number of hydrogen-bond donors (Lipinski definition) is 1. The Kier molecular flexibility index (Phi) is 10.2. The molecule has 4 heterocycles. The van der Waals surface area contributed by atoms with E-state index in [4.69, 9.17) is 29.1 Å². The van der Waals surface area contributed by atoms with Gasteiger partial charge in [0.05, 0.1) is 49.0 Å². The van der Waals surface area contributed by atoms with Crippen molar-refractivity contribution in [1.82, 2.24) is 9.13 Å². The molecule has 274 valence electrons. The topological polar surface area (TPSA) is 115 Å². The Bertz CT molecular complexity index is 1910. The van der Waals surface area contributed by atoms with Crippen LogP contribution >= 0.6 is 15.9 Å². The Morgan fingerprint density at radius 3 is 1.38 bits per heavy atom. The van der Waals surface area contributed by atoms with E-state index >= 15 is 0 Å². The Labute approximate surface area is 313 Å². The minimum atomic E-state index is -0.680. The molecule has 4 fully saturated rings. The first-order valence-corrected chi connectivity index (χ1v) is 18.6. The van der Waals surface area contributed by atoms with E-state index in [1.165, 1.54) is 31.0 Å². The summed E-state index contributed by atoms with van der Waals surface area (Å²) in [5.41, 5.74) is 1.26. The zero-order valence-corrected chi connectivity index (χ0v) is 32.6. The van der Waals surface area contributed by atoms with Crippen molar-refractivity contribution < 1.29 is 32.5 Å². The summed E-state index contributed by atoms with van der Waals surface area (Å²) in [5.74, 6) is -1.36. The van der Waals surface area contributed by atoms with E-state index in [0.717, 1.165) is 36.7 Å². The summed E-state index contributed by atoms with van der Waals surface area (Å²) < 4.78 is 55.2. The van der Waals surface area contributed by atoms with Gasteiger partial charge in [-0.2, -0.15) is 10.5 Å². The minimum absolute atomic E-state index is 0.319. The molecule has 4 aliphatic rings. The van der Waals surface area contributed by atoms with Gasteiger partial charge in [0.2, 0.25) is 0 Å². The minimum Gasteiger partial charge on any atom is -0.505 e. The monoisotopic (exact) mass is 776 g/mol. The summed E-state index contributed by atoms with van der Waals surface area (Å²) in [6, 6.07) is 10.9. The average Bonchev–Trinajstić information content (AvgIpc) is 3.65. The van der Waals surface area contributed by atoms with E-state index in [1.807, 2.05) is 66.2 Å². The van der Waals surface area contributed by atoms with Crippen molar-refractivity contribution in [3.63, 3.8) is 0 Å². The number of benzene rings is 2. The van der Waals surface area contributed by atoms with Gasteiger partial charge in [0, 0.05) is 41.3 Å². The van der Waals surface area contributed by atoms with Crippen LogP contribution in [0.5, 0.6) is 5.75 Å². The first kappa shape index (κ1) is 38.3. The standard InChI is InChI=1S/C13H10BrFN2.C13H11FN2O.C12H24B2O4/c14-11-5-13-10(4-12(11)15)8(6-16)7-17(13)9-2-1-3-9;14-11-4-10-8(6-15)7-16(9-2-1-3-9)12(10)5-13(11)17;1-9(2)10(3,4)16-13(15-9)14-17-11(5,6)12(7,8)18-14/h4-5,7,9H,1-3H2;4-5,7,9,17H,1-3H2;1-8H3. The van der Waals surface area contributed by atoms with E-state index in [1.54, 1.807) is 12.3 Å². The number of halogens is 3. The zero-order chi connectivity index (χ0) is 38.0. The Balaban J connectivity index is 0.000000134. The van der Waals surface area contributed by atoms with Gasteiger partial charge in [-0.25, -0.2) is 8.78 Å². The highest BCUT2D eigenvalue weighted by molar-refractivity contribution is 9.10. The lowest BCUT2D eigenvalue weighted by Gasteiger charge is -2.32. The SMILES string of the molecule is CC1(C)OB(B2OC(C)(C)C(C)(C)O2)OC1(C)C.N#Cc1cn(C2CCC2)c2cc(Br)c(F)cc12.N#Cc1cn(C2CCC2)c2cc(O)c(F)cc12. The maximum atomic E-state index is 13.5. The van der Waals surface area contributed by atoms with Gasteiger partial charge in [-0.05, 0) is 128 Å². The summed E-state index contributed by atoms with van der Waals surface area (Å²) in [6.07, 6.45) is 10.5. The molecule has 2 aliphatic heterocycles. The Hall–Kier alpha value is -3.39. The molecule has 14 heteroatoms. The van der Waals surface area contributed by atoms with Crippen molar-refractivity contribution in [2.45, 2.75) is 128 Å². The summed E-state index contributed by atoms with van der Waals surface area (Å²) >= 11 is 3.20. The van der Waals surface area contributed by atoms with Crippen molar-refractivity contribution in [1.29, 1.82) is 10.5 Å². The van der Waals surface area contributed by atoms with E-state index < -0.39 is 19.8 Å². The van der Waals surface area contributed by atoms with Crippen molar-refractivity contribution in [2.75, 3.05) is 0 Å². The molecule has 0 amide bonds. The molecule has 2 aromatic heterocycles. The lowest BCUT2D eigenvalue weighted by molar-refractivity contribution is 0.00578. The molecular formula is C38H45B2BrF2N4O5. The van der Waals surface area contributed by atoms with Gasteiger partial charge in [-0.3, -0.25) is 0 Å². The van der Waals surface area contributed by atoms with Crippen LogP contribution in [-0.4, -0.2) is 50.7 Å². The second-order valence-corrected chi connectivity index (χ2v) is 17.0. The van der Waals surface area contributed by atoms with Crippen LogP contribution < -0.4 is 0 Å². The second-order valence-electron chi connectivity index (χ2n) is 16.1. The van der Waals surface area contributed by atoms with Crippen molar-refractivity contribution in [3.05, 3.63) is 63.9 Å². The lowest BCUT2D eigenvalue weighted by Crippen LogP contribution is -2.41. The van der Waals surface area contributed by atoms with Crippen molar-refractivity contribution in [2.24, 2.45) is 0 Å². The fourth-order valence-corrected chi connectivity index (χ4v) is 6.95. The predicted octanol–water partition coefficient (Wildman–Crippen LogP) is 9.47. The van der Waals surface area contributed by atoms with Gasteiger partial charge in [0.15, 0.2) is 11.6 Å². The van der Waals surface area contributed by atoms with Crippen LogP contribution in [0.15, 0.2) is 41.1 Å². The maximum absolute atomic E-state index is 13.5.